The molecule has 0 saturated heterocycles. The zero-order valence-electron chi connectivity index (χ0n) is 10.2. The van der Waals surface area contributed by atoms with E-state index in [0.717, 1.165) is 31.2 Å². The second-order valence-electron chi connectivity index (χ2n) is 4.93. The molecule has 0 heterocycles. The zero-order valence-corrected chi connectivity index (χ0v) is 10.2. The highest BCUT2D eigenvalue weighted by Gasteiger charge is 2.32. The summed E-state index contributed by atoms with van der Waals surface area (Å²) in [5, 5.41) is 19.8. The third-order valence-corrected chi connectivity index (χ3v) is 3.40. The van der Waals surface area contributed by atoms with E-state index in [0.29, 0.717) is 12.4 Å². The summed E-state index contributed by atoms with van der Waals surface area (Å²) in [6.07, 6.45) is 3.20. The van der Waals surface area contributed by atoms with Gasteiger partial charge in [0, 0.05) is 5.56 Å². The number of para-hydroxylation sites is 1. The summed E-state index contributed by atoms with van der Waals surface area (Å²) in [7, 11) is 0. The molecule has 1 aliphatic carbocycles. The molecule has 94 valence electrons. The molecule has 0 aliphatic heterocycles. The van der Waals surface area contributed by atoms with Crippen LogP contribution in [-0.4, -0.2) is 22.4 Å². The summed E-state index contributed by atoms with van der Waals surface area (Å²) in [6, 6.07) is 7.43. The number of aliphatic hydroxyl groups is 2. The van der Waals surface area contributed by atoms with E-state index in [4.69, 9.17) is 4.74 Å². The number of ether oxygens (including phenoxy) is 1. The van der Waals surface area contributed by atoms with Gasteiger partial charge < -0.3 is 14.9 Å². The maximum Gasteiger partial charge on any atom is 0.125 e. The molecule has 3 heteroatoms. The molecule has 1 aliphatic rings. The highest BCUT2D eigenvalue weighted by molar-refractivity contribution is 5.34. The molecular weight excluding hydrogens is 216 g/mol. The second-order valence-corrected chi connectivity index (χ2v) is 4.93. The lowest BCUT2D eigenvalue weighted by Gasteiger charge is -2.23. The number of aliphatic hydroxyl groups excluding tert-OH is 1. The van der Waals surface area contributed by atoms with Crippen molar-refractivity contribution in [2.24, 2.45) is 0 Å². The standard InChI is InChI=1S/C14H20O3/c1-11(15)12-6-2-3-7-13(12)17-10-14(16)8-4-5-9-14/h2-3,6-7,11,15-16H,4-5,8-10H2,1H3. The van der Waals surface area contributed by atoms with Gasteiger partial charge in [0.25, 0.3) is 0 Å². The van der Waals surface area contributed by atoms with Crippen molar-refractivity contribution in [3.05, 3.63) is 29.8 Å². The van der Waals surface area contributed by atoms with E-state index < -0.39 is 11.7 Å². The van der Waals surface area contributed by atoms with Crippen molar-refractivity contribution in [3.63, 3.8) is 0 Å². The van der Waals surface area contributed by atoms with Crippen LogP contribution in [0.25, 0.3) is 0 Å². The van der Waals surface area contributed by atoms with Gasteiger partial charge in [-0.2, -0.15) is 0 Å². The Morgan fingerprint density at radius 2 is 1.94 bits per heavy atom. The minimum absolute atomic E-state index is 0.316. The molecule has 0 amide bonds. The van der Waals surface area contributed by atoms with Crippen LogP contribution in [-0.2, 0) is 0 Å². The summed E-state index contributed by atoms with van der Waals surface area (Å²) in [5.41, 5.74) is 0.0975. The second kappa shape index (κ2) is 5.07. The van der Waals surface area contributed by atoms with Crippen molar-refractivity contribution < 1.29 is 14.9 Å². The topological polar surface area (TPSA) is 49.7 Å². The van der Waals surface area contributed by atoms with Crippen molar-refractivity contribution >= 4 is 0 Å². The van der Waals surface area contributed by atoms with Crippen LogP contribution in [0.5, 0.6) is 5.75 Å². The molecule has 3 nitrogen and oxygen atoms in total. The molecule has 0 bridgehead atoms. The summed E-state index contributed by atoms with van der Waals surface area (Å²) >= 11 is 0. The molecule has 1 saturated carbocycles. The lowest BCUT2D eigenvalue weighted by atomic mass is 10.0. The Kier molecular flexibility index (Phi) is 3.69. The fraction of sp³-hybridized carbons (Fsp3) is 0.571. The van der Waals surface area contributed by atoms with Crippen LogP contribution in [0.4, 0.5) is 0 Å². The molecule has 1 unspecified atom stereocenters. The molecule has 1 atom stereocenters. The summed E-state index contributed by atoms with van der Waals surface area (Å²) in [6.45, 7) is 2.03. The van der Waals surface area contributed by atoms with Gasteiger partial charge in [-0.3, -0.25) is 0 Å². The SMILES string of the molecule is CC(O)c1ccccc1OCC1(O)CCCC1. The molecule has 0 radical (unpaired) electrons. The fourth-order valence-corrected chi connectivity index (χ4v) is 2.35. The van der Waals surface area contributed by atoms with Gasteiger partial charge in [0.15, 0.2) is 0 Å². The maximum atomic E-state index is 10.2. The van der Waals surface area contributed by atoms with Crippen LogP contribution in [0.1, 0.15) is 44.3 Å². The average Bonchev–Trinajstić information content (AvgIpc) is 2.74. The minimum Gasteiger partial charge on any atom is -0.490 e. The molecule has 1 aromatic rings. The van der Waals surface area contributed by atoms with Gasteiger partial charge in [-0.05, 0) is 25.8 Å². The number of hydrogen-bond acceptors (Lipinski definition) is 3. The first-order valence-corrected chi connectivity index (χ1v) is 6.23. The van der Waals surface area contributed by atoms with E-state index in [-0.39, 0.29) is 0 Å². The van der Waals surface area contributed by atoms with Crippen LogP contribution in [0.2, 0.25) is 0 Å². The van der Waals surface area contributed by atoms with Gasteiger partial charge >= 0.3 is 0 Å². The van der Waals surface area contributed by atoms with E-state index in [1.54, 1.807) is 6.92 Å². The number of benzene rings is 1. The highest BCUT2D eigenvalue weighted by atomic mass is 16.5. The predicted octanol–water partition coefficient (Wildman–Crippen LogP) is 2.42. The normalized spacial score (nSPS) is 20.2. The van der Waals surface area contributed by atoms with Crippen molar-refractivity contribution in [1.29, 1.82) is 0 Å². The van der Waals surface area contributed by atoms with Crippen LogP contribution >= 0.6 is 0 Å². The molecule has 2 rings (SSSR count). The molecule has 2 N–H and O–H groups in total. The van der Waals surface area contributed by atoms with Gasteiger partial charge in [0.2, 0.25) is 0 Å². The van der Waals surface area contributed by atoms with Crippen molar-refractivity contribution in [1.82, 2.24) is 0 Å². The highest BCUT2D eigenvalue weighted by Crippen LogP contribution is 2.31. The van der Waals surface area contributed by atoms with Gasteiger partial charge in [-0.15, -0.1) is 0 Å². The van der Waals surface area contributed by atoms with Crippen molar-refractivity contribution in [2.75, 3.05) is 6.61 Å². The van der Waals surface area contributed by atoms with E-state index in [1.807, 2.05) is 24.3 Å². The lowest BCUT2D eigenvalue weighted by molar-refractivity contribution is 0.000474. The Morgan fingerprint density at radius 1 is 1.29 bits per heavy atom. The Bertz CT molecular complexity index is 367. The first kappa shape index (κ1) is 12.4. The summed E-state index contributed by atoms with van der Waals surface area (Å²) in [4.78, 5) is 0. The smallest absolute Gasteiger partial charge is 0.125 e. The van der Waals surface area contributed by atoms with Gasteiger partial charge in [0.05, 0.1) is 11.7 Å². The van der Waals surface area contributed by atoms with Gasteiger partial charge in [-0.25, -0.2) is 0 Å². The van der Waals surface area contributed by atoms with Crippen molar-refractivity contribution in [3.8, 4) is 5.75 Å². The Morgan fingerprint density at radius 3 is 2.59 bits per heavy atom. The first-order chi connectivity index (χ1) is 8.11. The first-order valence-electron chi connectivity index (χ1n) is 6.23. The van der Waals surface area contributed by atoms with E-state index >= 15 is 0 Å². The predicted molar refractivity (Wildman–Crippen MR) is 66.0 cm³/mol. The zero-order chi connectivity index (χ0) is 12.3. The molecule has 1 aromatic carbocycles. The van der Waals surface area contributed by atoms with Crippen LogP contribution in [0.3, 0.4) is 0 Å². The Balaban J connectivity index is 2.03. The molecule has 1 fully saturated rings. The number of rotatable bonds is 4. The van der Waals surface area contributed by atoms with E-state index in [9.17, 15) is 10.2 Å². The molecule has 17 heavy (non-hydrogen) atoms. The Labute approximate surface area is 102 Å². The minimum atomic E-state index is -0.675. The average molecular weight is 236 g/mol. The third-order valence-electron chi connectivity index (χ3n) is 3.40. The Hall–Kier alpha value is -1.06. The van der Waals surface area contributed by atoms with Crippen LogP contribution in [0, 0.1) is 0 Å². The molecular formula is C14H20O3. The summed E-state index contributed by atoms with van der Waals surface area (Å²) < 4.78 is 5.68. The lowest BCUT2D eigenvalue weighted by Crippen LogP contribution is -2.32. The van der Waals surface area contributed by atoms with E-state index in [1.165, 1.54) is 0 Å². The monoisotopic (exact) mass is 236 g/mol. The maximum absolute atomic E-state index is 10.2. The molecule has 0 spiro atoms. The van der Waals surface area contributed by atoms with Gasteiger partial charge in [0.1, 0.15) is 12.4 Å². The quantitative estimate of drug-likeness (QED) is 0.844. The van der Waals surface area contributed by atoms with Crippen molar-refractivity contribution in [2.45, 2.75) is 44.3 Å². The summed E-state index contributed by atoms with van der Waals surface area (Å²) in [5.74, 6) is 0.669. The largest absolute Gasteiger partial charge is 0.490 e. The van der Waals surface area contributed by atoms with Crippen LogP contribution < -0.4 is 4.74 Å². The third kappa shape index (κ3) is 2.99. The number of hydrogen-bond donors (Lipinski definition) is 2. The van der Waals surface area contributed by atoms with E-state index in [2.05, 4.69) is 0 Å². The van der Waals surface area contributed by atoms with Gasteiger partial charge in [-0.1, -0.05) is 31.0 Å². The molecule has 0 aromatic heterocycles. The van der Waals surface area contributed by atoms with Crippen LogP contribution in [0.15, 0.2) is 24.3 Å². The fourth-order valence-electron chi connectivity index (χ4n) is 2.35.